The zero-order valence-corrected chi connectivity index (χ0v) is 21.2. The minimum Gasteiger partial charge on any atom is -0.461 e. The second-order valence-corrected chi connectivity index (χ2v) is 13.1. The highest BCUT2D eigenvalue weighted by molar-refractivity contribution is 8.02. The Bertz CT molecular complexity index is 907. The SMILES string of the molecule is C[C@H](CO)N1C(=O)[C@@H]2[C@H]3C(=O)OCC=C[C@H]3S[C@@]23C=CCN(C(C)(C)CC(C)(C)C)C(=O)C13. The van der Waals surface area contributed by atoms with Crippen LogP contribution in [-0.4, -0.2) is 80.1 Å². The molecule has 1 spiro atoms. The van der Waals surface area contributed by atoms with Crippen molar-refractivity contribution < 1.29 is 24.2 Å². The van der Waals surface area contributed by atoms with Gasteiger partial charge in [-0.2, -0.15) is 0 Å². The lowest BCUT2D eigenvalue weighted by Gasteiger charge is -2.45. The molecule has 2 fully saturated rings. The van der Waals surface area contributed by atoms with Gasteiger partial charge in [0, 0.05) is 17.3 Å². The first-order valence-electron chi connectivity index (χ1n) is 11.8. The van der Waals surface area contributed by atoms with E-state index >= 15 is 0 Å². The molecular formula is C25H36N2O5S. The number of esters is 1. The van der Waals surface area contributed by atoms with Crippen LogP contribution in [0.3, 0.4) is 0 Å². The van der Waals surface area contributed by atoms with Crippen LogP contribution in [0, 0.1) is 17.3 Å². The fourth-order valence-corrected chi connectivity index (χ4v) is 8.40. The number of hydrogen-bond donors (Lipinski definition) is 1. The van der Waals surface area contributed by atoms with Crippen molar-refractivity contribution >= 4 is 29.5 Å². The predicted octanol–water partition coefficient (Wildman–Crippen LogP) is 2.39. The van der Waals surface area contributed by atoms with E-state index in [9.17, 15) is 19.5 Å². The molecule has 4 heterocycles. The first-order chi connectivity index (χ1) is 15.3. The molecule has 4 rings (SSSR count). The maximum absolute atomic E-state index is 14.3. The van der Waals surface area contributed by atoms with Crippen LogP contribution in [0.1, 0.15) is 48.0 Å². The average Bonchev–Trinajstić information content (AvgIpc) is 3.00. The van der Waals surface area contributed by atoms with Gasteiger partial charge in [-0.1, -0.05) is 45.1 Å². The molecule has 0 bridgehead atoms. The minimum absolute atomic E-state index is 0.00739. The third-order valence-corrected chi connectivity index (χ3v) is 9.03. The molecule has 6 atom stereocenters. The van der Waals surface area contributed by atoms with E-state index < -0.39 is 34.2 Å². The zero-order valence-electron chi connectivity index (χ0n) is 20.4. The van der Waals surface area contributed by atoms with Gasteiger partial charge in [0.2, 0.25) is 11.8 Å². The molecule has 1 unspecified atom stereocenters. The Balaban J connectivity index is 1.83. The van der Waals surface area contributed by atoms with Crippen LogP contribution in [0.4, 0.5) is 0 Å². The Morgan fingerprint density at radius 1 is 1.18 bits per heavy atom. The van der Waals surface area contributed by atoms with Crippen LogP contribution < -0.4 is 0 Å². The van der Waals surface area contributed by atoms with E-state index in [-0.39, 0.29) is 41.7 Å². The molecule has 2 saturated heterocycles. The van der Waals surface area contributed by atoms with Gasteiger partial charge in [0.15, 0.2) is 0 Å². The van der Waals surface area contributed by atoms with Gasteiger partial charge in [0.1, 0.15) is 12.6 Å². The molecular weight excluding hydrogens is 440 g/mol. The van der Waals surface area contributed by atoms with Crippen LogP contribution in [0.2, 0.25) is 0 Å². The van der Waals surface area contributed by atoms with Gasteiger partial charge in [-0.25, -0.2) is 0 Å². The van der Waals surface area contributed by atoms with E-state index in [1.165, 1.54) is 11.8 Å². The van der Waals surface area contributed by atoms with Gasteiger partial charge in [0.25, 0.3) is 0 Å². The Hall–Kier alpha value is -1.80. The second-order valence-electron chi connectivity index (χ2n) is 11.6. The Labute approximate surface area is 200 Å². The minimum atomic E-state index is -0.875. The number of nitrogens with zero attached hydrogens (tertiary/aromatic N) is 2. The van der Waals surface area contributed by atoms with E-state index in [1.54, 1.807) is 11.8 Å². The molecule has 4 aliphatic rings. The van der Waals surface area contributed by atoms with Gasteiger partial charge < -0.3 is 19.6 Å². The number of cyclic esters (lactones) is 1. The number of ether oxygens (including phenoxy) is 1. The Morgan fingerprint density at radius 2 is 1.88 bits per heavy atom. The molecule has 1 N–H and O–H groups in total. The summed E-state index contributed by atoms with van der Waals surface area (Å²) in [6.45, 7) is 12.8. The summed E-state index contributed by atoms with van der Waals surface area (Å²) < 4.78 is 4.51. The third kappa shape index (κ3) is 3.83. The first kappa shape index (κ1) is 24.3. The van der Waals surface area contributed by atoms with Gasteiger partial charge in [-0.15, -0.1) is 11.8 Å². The lowest BCUT2D eigenvalue weighted by molar-refractivity contribution is -0.152. The maximum Gasteiger partial charge on any atom is 0.311 e. The van der Waals surface area contributed by atoms with Crippen LogP contribution in [0.5, 0.6) is 0 Å². The van der Waals surface area contributed by atoms with E-state index in [1.807, 2.05) is 29.2 Å². The molecule has 33 heavy (non-hydrogen) atoms. The van der Waals surface area contributed by atoms with Crippen LogP contribution in [0.15, 0.2) is 24.3 Å². The van der Waals surface area contributed by atoms with Gasteiger partial charge >= 0.3 is 5.97 Å². The smallest absolute Gasteiger partial charge is 0.311 e. The normalized spacial score (nSPS) is 35.1. The number of fused-ring (bicyclic) bond motifs is 2. The summed E-state index contributed by atoms with van der Waals surface area (Å²) in [5, 5.41) is 9.76. The van der Waals surface area contributed by atoms with Crippen LogP contribution >= 0.6 is 11.8 Å². The van der Waals surface area contributed by atoms with E-state index in [4.69, 9.17) is 4.74 Å². The van der Waals surface area contributed by atoms with E-state index in [0.717, 1.165) is 6.42 Å². The van der Waals surface area contributed by atoms with Gasteiger partial charge in [0.05, 0.1) is 29.2 Å². The van der Waals surface area contributed by atoms with Crippen molar-refractivity contribution in [2.75, 3.05) is 19.8 Å². The first-order valence-corrected chi connectivity index (χ1v) is 12.7. The Morgan fingerprint density at radius 3 is 2.52 bits per heavy atom. The molecule has 0 radical (unpaired) electrons. The number of aliphatic hydroxyl groups excluding tert-OH is 1. The molecule has 0 aromatic rings. The third-order valence-electron chi connectivity index (χ3n) is 7.28. The van der Waals surface area contributed by atoms with Crippen molar-refractivity contribution in [1.82, 2.24) is 9.80 Å². The van der Waals surface area contributed by atoms with Crippen molar-refractivity contribution in [3.8, 4) is 0 Å². The number of rotatable bonds is 4. The monoisotopic (exact) mass is 476 g/mol. The summed E-state index contributed by atoms with van der Waals surface area (Å²) >= 11 is 1.53. The largest absolute Gasteiger partial charge is 0.461 e. The number of likely N-dealkylation sites (tertiary alicyclic amines) is 1. The van der Waals surface area contributed by atoms with Crippen LogP contribution in [-0.2, 0) is 19.1 Å². The highest BCUT2D eigenvalue weighted by Gasteiger charge is 2.72. The van der Waals surface area contributed by atoms with Gasteiger partial charge in [-0.05, 0) is 32.6 Å². The summed E-state index contributed by atoms with van der Waals surface area (Å²) in [6.07, 6.45) is 8.54. The standard InChI is InChI=1S/C25H36N2O5S/c1-15(13-28)27-19-21(30)26(24(5,6)14-23(2,3)4)11-8-10-25(19)18(20(27)29)17-16(33-25)9-7-12-32-22(17)31/h7-10,15-19,28H,11-14H2,1-6H3/t15-,16-,17+,18+,19?,25+/m1/s1. The maximum atomic E-state index is 14.3. The molecule has 8 heteroatoms. The van der Waals surface area contributed by atoms with Crippen LogP contribution in [0.25, 0.3) is 0 Å². The molecule has 182 valence electrons. The topological polar surface area (TPSA) is 87.2 Å². The molecule has 2 amide bonds. The van der Waals surface area contributed by atoms with E-state index in [0.29, 0.717) is 6.54 Å². The van der Waals surface area contributed by atoms with E-state index in [2.05, 4.69) is 34.6 Å². The molecule has 4 aliphatic heterocycles. The Kier molecular flexibility index (Phi) is 6.01. The predicted molar refractivity (Wildman–Crippen MR) is 127 cm³/mol. The summed E-state index contributed by atoms with van der Waals surface area (Å²) in [4.78, 5) is 44.5. The lowest BCUT2D eigenvalue weighted by atomic mass is 9.78. The van der Waals surface area contributed by atoms with Gasteiger partial charge in [-0.3, -0.25) is 14.4 Å². The highest BCUT2D eigenvalue weighted by atomic mass is 32.2. The average molecular weight is 477 g/mol. The number of carbonyl (C=O) groups is 3. The number of thioether (sulfide) groups is 1. The van der Waals surface area contributed by atoms with Crippen molar-refractivity contribution in [3.63, 3.8) is 0 Å². The molecule has 0 saturated carbocycles. The second kappa shape index (κ2) is 8.15. The molecule has 0 aromatic carbocycles. The fraction of sp³-hybridized carbons (Fsp3) is 0.720. The van der Waals surface area contributed by atoms with Crippen molar-refractivity contribution in [2.45, 2.75) is 75.6 Å². The summed E-state index contributed by atoms with van der Waals surface area (Å²) in [7, 11) is 0. The number of hydrogen-bond acceptors (Lipinski definition) is 6. The summed E-state index contributed by atoms with van der Waals surface area (Å²) in [5.41, 5.74) is -0.430. The molecule has 0 aromatic heterocycles. The molecule has 0 aliphatic carbocycles. The zero-order chi connectivity index (χ0) is 24.3. The van der Waals surface area contributed by atoms with Crippen molar-refractivity contribution in [2.24, 2.45) is 17.3 Å². The number of carbonyl (C=O) groups excluding carboxylic acids is 3. The number of amides is 2. The number of aliphatic hydroxyl groups is 1. The summed E-state index contributed by atoms with van der Waals surface area (Å²) in [6, 6.07) is -1.32. The fourth-order valence-electron chi connectivity index (χ4n) is 6.41. The quantitative estimate of drug-likeness (QED) is 0.495. The van der Waals surface area contributed by atoms with Crippen molar-refractivity contribution in [3.05, 3.63) is 24.3 Å². The summed E-state index contributed by atoms with van der Waals surface area (Å²) in [5.74, 6) is -2.10. The van der Waals surface area contributed by atoms with Crippen molar-refractivity contribution in [1.29, 1.82) is 0 Å². The molecule has 7 nitrogen and oxygen atoms in total. The highest BCUT2D eigenvalue weighted by Crippen LogP contribution is 2.61. The lowest BCUT2D eigenvalue weighted by Crippen LogP contribution is -2.60.